The fraction of sp³-hybridized carbons (Fsp3) is 0. The van der Waals surface area contributed by atoms with Crippen LogP contribution in [0.25, 0.3) is 127 Å². The van der Waals surface area contributed by atoms with Crippen LogP contribution in [0, 0.1) is 0 Å². The van der Waals surface area contributed by atoms with Gasteiger partial charge in [0, 0.05) is 71.5 Å². The largest absolute Gasteiger partial charge is 0.456 e. The normalized spacial score (nSPS) is 12.1. The van der Waals surface area contributed by atoms with Gasteiger partial charge in [-0.2, -0.15) is 0 Å². The van der Waals surface area contributed by atoms with Gasteiger partial charge in [-0.25, -0.2) is 15.0 Å². The molecule has 270 valence electrons. The minimum atomic E-state index is 0.533. The molecule has 0 saturated carbocycles. The highest BCUT2D eigenvalue weighted by Crippen LogP contribution is 2.40. The Labute approximate surface area is 329 Å². The van der Waals surface area contributed by atoms with E-state index < -0.39 is 0 Å². The number of hydrogen-bond donors (Lipinski definition) is 0. The number of rotatable bonds is 4. The molecule has 0 atom stereocenters. The summed E-state index contributed by atoms with van der Waals surface area (Å²) in [5.41, 5.74) is 10.6. The third-order valence-electron chi connectivity index (χ3n) is 11.5. The Morgan fingerprint density at radius 3 is 1.41 bits per heavy atom. The lowest BCUT2D eigenvalue weighted by atomic mass is 10.0. The van der Waals surface area contributed by atoms with Gasteiger partial charge in [0.25, 0.3) is 0 Å². The lowest BCUT2D eigenvalue weighted by Crippen LogP contribution is -2.00. The second kappa shape index (κ2) is 11.7. The van der Waals surface area contributed by atoms with Crippen molar-refractivity contribution in [3.8, 4) is 39.9 Å². The van der Waals surface area contributed by atoms with Crippen molar-refractivity contribution in [2.45, 2.75) is 0 Å². The molecule has 0 aliphatic rings. The lowest BCUT2D eigenvalue weighted by Gasteiger charge is -2.10. The van der Waals surface area contributed by atoms with E-state index >= 15 is 0 Å². The third kappa shape index (κ3) is 4.52. The molecule has 5 heterocycles. The highest BCUT2D eigenvalue weighted by molar-refractivity contribution is 6.14. The molecule has 0 bridgehead atoms. The molecule has 0 saturated heterocycles. The Kier molecular flexibility index (Phi) is 6.32. The monoisotopic (exact) mass is 744 g/mol. The van der Waals surface area contributed by atoms with Crippen molar-refractivity contribution in [3.63, 3.8) is 0 Å². The minimum absolute atomic E-state index is 0.533. The summed E-state index contributed by atoms with van der Waals surface area (Å²) >= 11 is 0. The minimum Gasteiger partial charge on any atom is -0.456 e. The van der Waals surface area contributed by atoms with Crippen molar-refractivity contribution in [1.82, 2.24) is 19.5 Å². The first-order valence-electron chi connectivity index (χ1n) is 19.3. The molecular weight excluding hydrogens is 717 g/mol. The fourth-order valence-electron chi connectivity index (χ4n) is 8.83. The van der Waals surface area contributed by atoms with Crippen LogP contribution in [0.4, 0.5) is 0 Å². The number of benzene rings is 8. The smallest absolute Gasteiger partial charge is 0.164 e. The Hall–Kier alpha value is -8.03. The molecule has 0 aliphatic carbocycles. The second-order valence-corrected chi connectivity index (χ2v) is 14.8. The summed E-state index contributed by atoms with van der Waals surface area (Å²) in [5, 5.41) is 8.56. The maximum absolute atomic E-state index is 6.65. The van der Waals surface area contributed by atoms with Gasteiger partial charge in [-0.1, -0.05) is 97.1 Å². The topological polar surface area (TPSA) is 83.0 Å². The zero-order valence-electron chi connectivity index (χ0n) is 30.7. The first kappa shape index (κ1) is 31.2. The summed E-state index contributed by atoms with van der Waals surface area (Å²) in [6.07, 6.45) is 0. The summed E-state index contributed by atoms with van der Waals surface area (Å²) in [6.45, 7) is 0. The van der Waals surface area contributed by atoms with Crippen LogP contribution < -0.4 is 0 Å². The van der Waals surface area contributed by atoms with Crippen LogP contribution in [0.15, 0.2) is 183 Å². The van der Waals surface area contributed by atoms with Gasteiger partial charge in [0.05, 0.1) is 11.0 Å². The molecule has 58 heavy (non-hydrogen) atoms. The Bertz CT molecular complexity index is 3640. The van der Waals surface area contributed by atoms with E-state index in [1.807, 2.05) is 60.7 Å². The van der Waals surface area contributed by atoms with E-state index in [0.717, 1.165) is 99.2 Å². The van der Waals surface area contributed by atoms with Crippen molar-refractivity contribution in [2.75, 3.05) is 0 Å². The van der Waals surface area contributed by atoms with Crippen molar-refractivity contribution < 1.29 is 13.3 Å². The predicted octanol–water partition coefficient (Wildman–Crippen LogP) is 13.7. The molecule has 5 aromatic heterocycles. The third-order valence-corrected chi connectivity index (χ3v) is 11.5. The van der Waals surface area contributed by atoms with E-state index in [2.05, 4.69) is 114 Å². The number of nitrogens with zero attached hydrogens (tertiary/aromatic N) is 4. The molecule has 7 nitrogen and oxygen atoms in total. The summed E-state index contributed by atoms with van der Waals surface area (Å²) in [5.74, 6) is 1.60. The van der Waals surface area contributed by atoms with E-state index in [9.17, 15) is 0 Å². The van der Waals surface area contributed by atoms with Crippen molar-refractivity contribution >= 4 is 87.6 Å². The van der Waals surface area contributed by atoms with E-state index in [1.165, 1.54) is 10.8 Å². The SMILES string of the molecule is c1ccc2c(c1)oc1cc(-c3nc(-c4ccc5c(c4)oc4ccccc45)nc(-c4cccc5oc6cc(-n7c8ccccc8c8ccccc87)ccc6c45)n3)ccc12. The van der Waals surface area contributed by atoms with Crippen LogP contribution >= 0.6 is 0 Å². The Morgan fingerprint density at radius 1 is 0.328 bits per heavy atom. The van der Waals surface area contributed by atoms with Crippen molar-refractivity contribution in [3.05, 3.63) is 170 Å². The first-order valence-corrected chi connectivity index (χ1v) is 19.3. The van der Waals surface area contributed by atoms with E-state index in [4.69, 9.17) is 28.2 Å². The molecule has 7 heteroatoms. The van der Waals surface area contributed by atoms with Crippen LogP contribution in [-0.2, 0) is 0 Å². The van der Waals surface area contributed by atoms with Gasteiger partial charge in [-0.3, -0.25) is 0 Å². The second-order valence-electron chi connectivity index (χ2n) is 14.8. The molecule has 0 unspecified atom stereocenters. The molecule has 0 aliphatic heterocycles. The van der Waals surface area contributed by atoms with Gasteiger partial charge in [-0.05, 0) is 66.7 Å². The molecule has 0 N–H and O–H groups in total. The van der Waals surface area contributed by atoms with Crippen LogP contribution in [-0.4, -0.2) is 19.5 Å². The molecule has 8 aromatic carbocycles. The van der Waals surface area contributed by atoms with Gasteiger partial charge < -0.3 is 17.8 Å². The van der Waals surface area contributed by atoms with Crippen molar-refractivity contribution in [1.29, 1.82) is 0 Å². The maximum atomic E-state index is 6.65. The zero-order chi connectivity index (χ0) is 37.9. The Morgan fingerprint density at radius 2 is 0.793 bits per heavy atom. The maximum Gasteiger partial charge on any atom is 0.164 e. The summed E-state index contributed by atoms with van der Waals surface area (Å²) in [6, 6.07) is 58.1. The van der Waals surface area contributed by atoms with E-state index in [-0.39, 0.29) is 0 Å². The van der Waals surface area contributed by atoms with Gasteiger partial charge in [-0.15, -0.1) is 0 Å². The quantitative estimate of drug-likeness (QED) is 0.178. The van der Waals surface area contributed by atoms with E-state index in [1.54, 1.807) is 0 Å². The lowest BCUT2D eigenvalue weighted by molar-refractivity contribution is 0.668. The highest BCUT2D eigenvalue weighted by Gasteiger charge is 2.21. The predicted molar refractivity (Wildman–Crippen MR) is 232 cm³/mol. The van der Waals surface area contributed by atoms with Gasteiger partial charge in [0.15, 0.2) is 17.5 Å². The fourth-order valence-corrected chi connectivity index (χ4v) is 8.83. The number of furan rings is 3. The van der Waals surface area contributed by atoms with Gasteiger partial charge >= 0.3 is 0 Å². The number of para-hydroxylation sites is 4. The molecule has 0 fully saturated rings. The van der Waals surface area contributed by atoms with E-state index in [0.29, 0.717) is 17.5 Å². The summed E-state index contributed by atoms with van der Waals surface area (Å²) < 4.78 is 21.6. The average molecular weight is 745 g/mol. The van der Waals surface area contributed by atoms with Crippen LogP contribution in [0.5, 0.6) is 0 Å². The standard InChI is InChI=1S/C51H28N4O3/c1-5-15-40-32(10-1)33-11-2-6-16-41(33)55(40)31-22-25-38-47(28-31)58-44-19-9-14-39(48(38)44)51-53-49(29-20-23-36-34-12-3-7-17-42(34)56-45(36)26-29)52-50(54-51)30-21-24-37-35-13-4-8-18-43(35)57-46(37)27-30/h1-28H. The average Bonchev–Trinajstić information content (AvgIpc) is 4.04. The molecule has 0 spiro atoms. The van der Waals surface area contributed by atoms with Gasteiger partial charge in [0.2, 0.25) is 0 Å². The number of fused-ring (bicyclic) bond motifs is 12. The van der Waals surface area contributed by atoms with Crippen LogP contribution in [0.3, 0.4) is 0 Å². The van der Waals surface area contributed by atoms with Crippen LogP contribution in [0.2, 0.25) is 0 Å². The molecule has 0 radical (unpaired) electrons. The molecule has 0 amide bonds. The highest BCUT2D eigenvalue weighted by atomic mass is 16.3. The number of aromatic nitrogens is 4. The Balaban J connectivity index is 1.02. The molecule has 13 rings (SSSR count). The zero-order valence-corrected chi connectivity index (χ0v) is 30.7. The summed E-state index contributed by atoms with van der Waals surface area (Å²) in [7, 11) is 0. The molecule has 13 aromatic rings. The first-order chi connectivity index (χ1) is 28.7. The summed E-state index contributed by atoms with van der Waals surface area (Å²) in [4.78, 5) is 15.5. The molecular formula is C51H28N4O3. The van der Waals surface area contributed by atoms with Crippen molar-refractivity contribution in [2.24, 2.45) is 0 Å². The van der Waals surface area contributed by atoms with Gasteiger partial charge in [0.1, 0.15) is 33.5 Å². The van der Waals surface area contributed by atoms with Crippen LogP contribution in [0.1, 0.15) is 0 Å². The number of hydrogen-bond acceptors (Lipinski definition) is 6.